The maximum absolute atomic E-state index is 11.1. The van der Waals surface area contributed by atoms with Gasteiger partial charge < -0.3 is 9.84 Å². The van der Waals surface area contributed by atoms with Crippen LogP contribution in [-0.2, 0) is 22.4 Å². The summed E-state index contributed by atoms with van der Waals surface area (Å²) in [7, 11) is 1.39. The van der Waals surface area contributed by atoms with Crippen molar-refractivity contribution in [1.29, 1.82) is 0 Å². The van der Waals surface area contributed by atoms with Crippen molar-refractivity contribution in [2.75, 3.05) is 7.11 Å². The first kappa shape index (κ1) is 14.3. The van der Waals surface area contributed by atoms with Gasteiger partial charge in [-0.15, -0.1) is 0 Å². The molecule has 3 nitrogen and oxygen atoms in total. The van der Waals surface area contributed by atoms with Gasteiger partial charge in [-0.3, -0.25) is 4.79 Å². The van der Waals surface area contributed by atoms with Crippen LogP contribution < -0.4 is 0 Å². The fourth-order valence-corrected chi connectivity index (χ4v) is 1.62. The van der Waals surface area contributed by atoms with Crippen molar-refractivity contribution in [3.8, 4) is 5.75 Å². The predicted octanol–water partition coefficient (Wildman–Crippen LogP) is 3.01. The van der Waals surface area contributed by atoms with Gasteiger partial charge in [-0.25, -0.2) is 0 Å². The molecule has 1 aromatic rings. The summed E-state index contributed by atoms with van der Waals surface area (Å²) in [6.07, 6.45) is 3.78. The van der Waals surface area contributed by atoms with Gasteiger partial charge in [0.25, 0.3) is 0 Å². The molecule has 0 bridgehead atoms. The smallest absolute Gasteiger partial charge is 0.305 e. The summed E-state index contributed by atoms with van der Waals surface area (Å²) >= 11 is 0. The zero-order valence-electron chi connectivity index (χ0n) is 11.2. The quantitative estimate of drug-likeness (QED) is 0.643. The van der Waals surface area contributed by atoms with E-state index in [4.69, 9.17) is 0 Å². The Balaban J connectivity index is 2.74. The molecule has 0 spiro atoms. The van der Waals surface area contributed by atoms with Crippen LogP contribution in [-0.4, -0.2) is 18.2 Å². The number of hydrogen-bond donors (Lipinski definition) is 1. The molecular weight excluding hydrogens is 228 g/mol. The molecule has 0 amide bonds. The van der Waals surface area contributed by atoms with Crippen molar-refractivity contribution in [1.82, 2.24) is 0 Å². The van der Waals surface area contributed by atoms with Crippen molar-refractivity contribution in [2.45, 2.75) is 33.1 Å². The average molecular weight is 248 g/mol. The highest BCUT2D eigenvalue weighted by Crippen LogP contribution is 2.20. The van der Waals surface area contributed by atoms with Gasteiger partial charge in [0.05, 0.1) is 7.11 Å². The van der Waals surface area contributed by atoms with E-state index in [9.17, 15) is 9.90 Å². The molecule has 0 aliphatic rings. The molecular formula is C15H20O3. The molecule has 0 radical (unpaired) electrons. The number of ether oxygens (including phenoxy) is 1. The minimum Gasteiger partial charge on any atom is -0.508 e. The van der Waals surface area contributed by atoms with Gasteiger partial charge in [0, 0.05) is 6.42 Å². The molecule has 0 unspecified atom stereocenters. The fourth-order valence-electron chi connectivity index (χ4n) is 1.62. The van der Waals surface area contributed by atoms with Gasteiger partial charge in [-0.2, -0.15) is 0 Å². The summed E-state index contributed by atoms with van der Waals surface area (Å²) in [6.45, 7) is 4.05. The Hall–Kier alpha value is -1.77. The Morgan fingerprint density at radius 1 is 1.39 bits per heavy atom. The van der Waals surface area contributed by atoms with Crippen LogP contribution in [0.1, 0.15) is 31.4 Å². The maximum atomic E-state index is 11.1. The first-order chi connectivity index (χ1) is 8.52. The molecule has 1 N–H and O–H groups in total. The molecule has 18 heavy (non-hydrogen) atoms. The largest absolute Gasteiger partial charge is 0.508 e. The number of methoxy groups -OCH3 is 1. The Morgan fingerprint density at radius 3 is 2.72 bits per heavy atom. The average Bonchev–Trinajstić information content (AvgIpc) is 2.35. The standard InChI is InChI=1S/C15H20O3/c1-11(2)4-7-13-10-12(5-8-14(13)16)6-9-15(17)18-3/h4-5,8,10,16H,6-7,9H2,1-3H3. The normalized spacial score (nSPS) is 9.94. The van der Waals surface area contributed by atoms with Crippen molar-refractivity contribution < 1.29 is 14.6 Å². The van der Waals surface area contributed by atoms with Gasteiger partial charge >= 0.3 is 5.97 Å². The van der Waals surface area contributed by atoms with Crippen LogP contribution in [0.4, 0.5) is 0 Å². The summed E-state index contributed by atoms with van der Waals surface area (Å²) in [5, 5.41) is 9.75. The lowest BCUT2D eigenvalue weighted by atomic mass is 10.0. The number of carbonyl (C=O) groups is 1. The maximum Gasteiger partial charge on any atom is 0.305 e. The van der Waals surface area contributed by atoms with Crippen molar-refractivity contribution in [3.05, 3.63) is 41.0 Å². The fraction of sp³-hybridized carbons (Fsp3) is 0.400. The van der Waals surface area contributed by atoms with E-state index in [1.54, 1.807) is 6.07 Å². The molecule has 0 aliphatic heterocycles. The summed E-state index contributed by atoms with van der Waals surface area (Å²) in [5.41, 5.74) is 3.14. The number of esters is 1. The van der Waals surface area contributed by atoms with Crippen LogP contribution in [0.3, 0.4) is 0 Å². The van der Waals surface area contributed by atoms with Gasteiger partial charge in [-0.05, 0) is 43.9 Å². The molecule has 1 aromatic carbocycles. The predicted molar refractivity (Wildman–Crippen MR) is 71.6 cm³/mol. The van der Waals surface area contributed by atoms with Crippen LogP contribution in [0.25, 0.3) is 0 Å². The summed E-state index contributed by atoms with van der Waals surface area (Å²) in [4.78, 5) is 11.1. The van der Waals surface area contributed by atoms with Crippen LogP contribution in [0.5, 0.6) is 5.75 Å². The first-order valence-electron chi connectivity index (χ1n) is 6.04. The second-order valence-electron chi connectivity index (χ2n) is 4.52. The van der Waals surface area contributed by atoms with E-state index in [-0.39, 0.29) is 5.97 Å². The Labute approximate surface area is 108 Å². The topological polar surface area (TPSA) is 46.5 Å². The highest BCUT2D eigenvalue weighted by atomic mass is 16.5. The van der Waals surface area contributed by atoms with Crippen molar-refractivity contribution in [2.24, 2.45) is 0 Å². The van der Waals surface area contributed by atoms with Gasteiger partial charge in [-0.1, -0.05) is 23.8 Å². The van der Waals surface area contributed by atoms with E-state index < -0.39 is 0 Å². The van der Waals surface area contributed by atoms with Crippen LogP contribution in [0, 0.1) is 0 Å². The third kappa shape index (κ3) is 4.62. The number of rotatable bonds is 5. The van der Waals surface area contributed by atoms with E-state index in [0.29, 0.717) is 25.0 Å². The zero-order valence-corrected chi connectivity index (χ0v) is 11.2. The monoisotopic (exact) mass is 248 g/mol. The van der Waals surface area contributed by atoms with Crippen molar-refractivity contribution in [3.63, 3.8) is 0 Å². The van der Waals surface area contributed by atoms with Gasteiger partial charge in [0.1, 0.15) is 5.75 Å². The number of hydrogen-bond acceptors (Lipinski definition) is 3. The molecule has 98 valence electrons. The molecule has 0 aromatic heterocycles. The Bertz CT molecular complexity index is 443. The molecule has 0 fully saturated rings. The first-order valence-corrected chi connectivity index (χ1v) is 6.04. The number of aromatic hydroxyl groups is 1. The summed E-state index contributed by atoms with van der Waals surface area (Å²) < 4.78 is 4.61. The number of phenols is 1. The zero-order chi connectivity index (χ0) is 13.5. The number of carbonyl (C=O) groups excluding carboxylic acids is 1. The second kappa shape index (κ2) is 6.84. The second-order valence-corrected chi connectivity index (χ2v) is 4.52. The third-order valence-electron chi connectivity index (χ3n) is 2.72. The lowest BCUT2D eigenvalue weighted by molar-refractivity contribution is -0.140. The van der Waals surface area contributed by atoms with E-state index in [2.05, 4.69) is 10.8 Å². The molecule has 0 atom stereocenters. The highest BCUT2D eigenvalue weighted by molar-refractivity contribution is 5.69. The molecule has 3 heteroatoms. The van der Waals surface area contributed by atoms with Crippen LogP contribution in [0.2, 0.25) is 0 Å². The number of allylic oxidation sites excluding steroid dienone is 2. The minimum atomic E-state index is -0.214. The molecule has 0 saturated carbocycles. The van der Waals surface area contributed by atoms with E-state index in [1.807, 2.05) is 26.0 Å². The summed E-state index contributed by atoms with van der Waals surface area (Å²) in [6, 6.07) is 5.46. The lowest BCUT2D eigenvalue weighted by Gasteiger charge is -2.06. The Morgan fingerprint density at radius 2 is 2.11 bits per heavy atom. The molecule has 0 saturated heterocycles. The van der Waals surface area contributed by atoms with E-state index in [0.717, 1.165) is 11.1 Å². The molecule has 1 rings (SSSR count). The number of benzene rings is 1. The van der Waals surface area contributed by atoms with Gasteiger partial charge in [0.15, 0.2) is 0 Å². The minimum absolute atomic E-state index is 0.214. The van der Waals surface area contributed by atoms with Crippen LogP contribution in [0.15, 0.2) is 29.8 Å². The van der Waals surface area contributed by atoms with Crippen molar-refractivity contribution >= 4 is 5.97 Å². The SMILES string of the molecule is COC(=O)CCc1ccc(O)c(CC=C(C)C)c1. The molecule has 0 heterocycles. The Kier molecular flexibility index (Phi) is 5.43. The van der Waals surface area contributed by atoms with Gasteiger partial charge in [0.2, 0.25) is 0 Å². The number of aryl methyl sites for hydroxylation is 1. The molecule has 0 aliphatic carbocycles. The van der Waals surface area contributed by atoms with E-state index >= 15 is 0 Å². The number of phenolic OH excluding ortho intramolecular Hbond substituents is 1. The lowest BCUT2D eigenvalue weighted by Crippen LogP contribution is -2.02. The highest BCUT2D eigenvalue weighted by Gasteiger charge is 2.05. The van der Waals surface area contributed by atoms with E-state index in [1.165, 1.54) is 12.7 Å². The summed E-state index contributed by atoms with van der Waals surface area (Å²) in [5.74, 6) is 0.0863. The third-order valence-corrected chi connectivity index (χ3v) is 2.72. The van der Waals surface area contributed by atoms with Crippen LogP contribution >= 0.6 is 0 Å².